The van der Waals surface area contributed by atoms with Gasteiger partial charge in [-0.1, -0.05) is 13.8 Å². The van der Waals surface area contributed by atoms with Crippen molar-refractivity contribution in [3.8, 4) is 0 Å². The van der Waals surface area contributed by atoms with Gasteiger partial charge in [0.1, 0.15) is 11.4 Å². The highest BCUT2D eigenvalue weighted by atomic mass is 16.5. The number of aromatic nitrogens is 2. The summed E-state index contributed by atoms with van der Waals surface area (Å²) in [7, 11) is 3.56. The average Bonchev–Trinajstić information content (AvgIpc) is 2.39. The van der Waals surface area contributed by atoms with E-state index in [0.29, 0.717) is 17.8 Å². The minimum atomic E-state index is -0.446. The summed E-state index contributed by atoms with van der Waals surface area (Å²) in [6.45, 7) is 5.14. The van der Waals surface area contributed by atoms with E-state index in [4.69, 9.17) is 4.74 Å². The van der Waals surface area contributed by atoms with Gasteiger partial charge in [0.25, 0.3) is 5.56 Å². The van der Waals surface area contributed by atoms with E-state index in [9.17, 15) is 4.79 Å². The maximum atomic E-state index is 11.8. The number of methoxy groups -OCH3 is 1. The SMILES string of the molecule is CNCc1cc(=O)[nH]c(C2(OC)CCC(C)(C)CC2)n1. The second-order valence-electron chi connectivity index (χ2n) is 6.48. The average molecular weight is 279 g/mol. The molecular formula is C15H25N3O2. The molecule has 0 radical (unpaired) electrons. The second kappa shape index (κ2) is 5.66. The van der Waals surface area contributed by atoms with Crippen LogP contribution in [0.2, 0.25) is 0 Å². The number of ether oxygens (including phenoxy) is 1. The molecule has 1 aliphatic carbocycles. The van der Waals surface area contributed by atoms with E-state index >= 15 is 0 Å². The summed E-state index contributed by atoms with van der Waals surface area (Å²) in [6.07, 6.45) is 3.92. The van der Waals surface area contributed by atoms with Gasteiger partial charge in [0.2, 0.25) is 0 Å². The molecule has 1 aliphatic rings. The maximum Gasteiger partial charge on any atom is 0.251 e. The monoisotopic (exact) mass is 279 g/mol. The van der Waals surface area contributed by atoms with Crippen molar-refractivity contribution in [1.82, 2.24) is 15.3 Å². The van der Waals surface area contributed by atoms with Crippen LogP contribution in [-0.4, -0.2) is 24.1 Å². The number of nitrogens with one attached hydrogen (secondary N) is 2. The standard InChI is InChI=1S/C15H25N3O2/c1-14(2)5-7-15(20-4,8-6-14)13-17-11(10-16-3)9-12(19)18-13/h9,16H,5-8,10H2,1-4H3,(H,17,18,19). The van der Waals surface area contributed by atoms with Crippen LogP contribution in [0.5, 0.6) is 0 Å². The van der Waals surface area contributed by atoms with Crippen LogP contribution < -0.4 is 10.9 Å². The third-order valence-electron chi connectivity index (χ3n) is 4.39. The summed E-state index contributed by atoms with van der Waals surface area (Å²) < 4.78 is 5.79. The lowest BCUT2D eigenvalue weighted by Crippen LogP contribution is -2.39. The lowest BCUT2D eigenvalue weighted by molar-refractivity contribution is -0.0732. The molecule has 0 bridgehead atoms. The lowest BCUT2D eigenvalue weighted by atomic mass is 9.70. The van der Waals surface area contributed by atoms with Crippen molar-refractivity contribution in [2.24, 2.45) is 5.41 Å². The fourth-order valence-corrected chi connectivity index (χ4v) is 2.86. The maximum absolute atomic E-state index is 11.8. The van der Waals surface area contributed by atoms with Crippen molar-refractivity contribution in [2.75, 3.05) is 14.2 Å². The highest BCUT2D eigenvalue weighted by molar-refractivity contribution is 5.11. The van der Waals surface area contributed by atoms with E-state index in [-0.39, 0.29) is 5.56 Å². The van der Waals surface area contributed by atoms with E-state index in [0.717, 1.165) is 31.4 Å². The van der Waals surface area contributed by atoms with E-state index in [1.54, 1.807) is 7.11 Å². The first-order valence-electron chi connectivity index (χ1n) is 7.21. The zero-order valence-electron chi connectivity index (χ0n) is 12.9. The van der Waals surface area contributed by atoms with Crippen LogP contribution in [0.15, 0.2) is 10.9 Å². The fourth-order valence-electron chi connectivity index (χ4n) is 2.86. The molecule has 0 amide bonds. The normalized spacial score (nSPS) is 20.8. The number of hydrogen-bond acceptors (Lipinski definition) is 4. The third kappa shape index (κ3) is 3.10. The minimum Gasteiger partial charge on any atom is -0.370 e. The van der Waals surface area contributed by atoms with Gasteiger partial charge in [-0.05, 0) is 38.1 Å². The Balaban J connectivity index is 2.34. The molecule has 20 heavy (non-hydrogen) atoms. The molecule has 5 nitrogen and oxygen atoms in total. The topological polar surface area (TPSA) is 67.0 Å². The molecule has 0 atom stereocenters. The molecule has 0 saturated heterocycles. The number of nitrogens with zero attached hydrogens (tertiary/aromatic N) is 1. The highest BCUT2D eigenvalue weighted by Gasteiger charge is 2.41. The van der Waals surface area contributed by atoms with E-state index in [1.165, 1.54) is 6.07 Å². The molecule has 0 aromatic carbocycles. The van der Waals surface area contributed by atoms with Crippen LogP contribution in [-0.2, 0) is 16.9 Å². The van der Waals surface area contributed by atoms with Crippen LogP contribution in [0.25, 0.3) is 0 Å². The number of rotatable bonds is 4. The minimum absolute atomic E-state index is 0.110. The molecule has 0 aliphatic heterocycles. The Labute approximate surface area is 120 Å². The highest BCUT2D eigenvalue weighted by Crippen LogP contribution is 2.45. The number of H-pyrrole nitrogens is 1. The molecule has 1 saturated carbocycles. The van der Waals surface area contributed by atoms with Crippen LogP contribution >= 0.6 is 0 Å². The van der Waals surface area contributed by atoms with Crippen molar-refractivity contribution in [2.45, 2.75) is 51.7 Å². The first-order valence-corrected chi connectivity index (χ1v) is 7.21. The Morgan fingerprint density at radius 1 is 1.35 bits per heavy atom. The Hall–Kier alpha value is -1.20. The fraction of sp³-hybridized carbons (Fsp3) is 0.733. The second-order valence-corrected chi connectivity index (χ2v) is 6.48. The van der Waals surface area contributed by atoms with E-state index in [2.05, 4.69) is 29.1 Å². The van der Waals surface area contributed by atoms with Crippen molar-refractivity contribution >= 4 is 0 Å². The zero-order valence-corrected chi connectivity index (χ0v) is 12.9. The third-order valence-corrected chi connectivity index (χ3v) is 4.39. The van der Waals surface area contributed by atoms with Gasteiger partial charge in [-0.15, -0.1) is 0 Å². The van der Waals surface area contributed by atoms with Crippen LogP contribution in [0.1, 0.15) is 51.0 Å². The van der Waals surface area contributed by atoms with Gasteiger partial charge >= 0.3 is 0 Å². The van der Waals surface area contributed by atoms with Gasteiger partial charge < -0.3 is 15.0 Å². The molecule has 112 valence electrons. The van der Waals surface area contributed by atoms with Crippen molar-refractivity contribution < 1.29 is 4.74 Å². The van der Waals surface area contributed by atoms with Gasteiger partial charge in [0.05, 0.1) is 5.69 Å². The predicted octanol–water partition coefficient (Wildman–Crippen LogP) is 1.93. The zero-order chi connectivity index (χ0) is 14.8. The van der Waals surface area contributed by atoms with Gasteiger partial charge in [-0.2, -0.15) is 0 Å². The molecule has 1 aromatic rings. The molecule has 1 aromatic heterocycles. The lowest BCUT2D eigenvalue weighted by Gasteiger charge is -2.41. The summed E-state index contributed by atoms with van der Waals surface area (Å²) in [5.74, 6) is 0.674. The summed E-state index contributed by atoms with van der Waals surface area (Å²) in [5, 5.41) is 3.03. The molecule has 1 heterocycles. The number of hydrogen-bond donors (Lipinski definition) is 2. The van der Waals surface area contributed by atoms with Crippen LogP contribution in [0.4, 0.5) is 0 Å². The molecule has 2 N–H and O–H groups in total. The van der Waals surface area contributed by atoms with E-state index in [1.807, 2.05) is 7.05 Å². The van der Waals surface area contributed by atoms with Gasteiger partial charge in [0.15, 0.2) is 0 Å². The van der Waals surface area contributed by atoms with Crippen molar-refractivity contribution in [1.29, 1.82) is 0 Å². The Morgan fingerprint density at radius 2 is 2.00 bits per heavy atom. The van der Waals surface area contributed by atoms with E-state index < -0.39 is 5.60 Å². The van der Waals surface area contributed by atoms with Crippen molar-refractivity contribution in [3.05, 3.63) is 27.9 Å². The van der Waals surface area contributed by atoms with Gasteiger partial charge in [-0.3, -0.25) is 4.79 Å². The first-order chi connectivity index (χ1) is 9.41. The molecule has 0 spiro atoms. The van der Waals surface area contributed by atoms with Gasteiger partial charge in [0, 0.05) is 19.7 Å². The summed E-state index contributed by atoms with van der Waals surface area (Å²) in [6, 6.07) is 1.54. The molecule has 2 rings (SSSR count). The Kier molecular flexibility index (Phi) is 4.30. The van der Waals surface area contributed by atoms with Crippen LogP contribution in [0.3, 0.4) is 0 Å². The predicted molar refractivity (Wildman–Crippen MR) is 78.6 cm³/mol. The summed E-state index contributed by atoms with van der Waals surface area (Å²) >= 11 is 0. The number of aromatic amines is 1. The van der Waals surface area contributed by atoms with Crippen molar-refractivity contribution in [3.63, 3.8) is 0 Å². The van der Waals surface area contributed by atoms with Gasteiger partial charge in [-0.25, -0.2) is 4.98 Å². The molecule has 5 heteroatoms. The molecule has 0 unspecified atom stereocenters. The smallest absolute Gasteiger partial charge is 0.251 e. The molecule has 1 fully saturated rings. The molecular weight excluding hydrogens is 254 g/mol. The first kappa shape index (κ1) is 15.2. The quantitative estimate of drug-likeness (QED) is 0.884. The van der Waals surface area contributed by atoms with Crippen LogP contribution in [0, 0.1) is 5.41 Å². The summed E-state index contributed by atoms with van der Waals surface area (Å²) in [4.78, 5) is 19.3. The Morgan fingerprint density at radius 3 is 2.55 bits per heavy atom. The Bertz CT molecular complexity index is 512. The summed E-state index contributed by atoms with van der Waals surface area (Å²) in [5.41, 5.74) is 0.539. The largest absolute Gasteiger partial charge is 0.370 e.